The van der Waals surface area contributed by atoms with E-state index in [0.29, 0.717) is 17.8 Å². The highest BCUT2D eigenvalue weighted by Gasteiger charge is 2.14. The van der Waals surface area contributed by atoms with Crippen LogP contribution in [-0.4, -0.2) is 19.5 Å². The van der Waals surface area contributed by atoms with Crippen LogP contribution in [0.4, 0.5) is 28.4 Å². The summed E-state index contributed by atoms with van der Waals surface area (Å²) in [7, 11) is -4.39. The third-order valence-corrected chi connectivity index (χ3v) is 5.99. The summed E-state index contributed by atoms with van der Waals surface area (Å²) in [6, 6.07) is 18.7. The van der Waals surface area contributed by atoms with Gasteiger partial charge in [-0.25, -0.2) is 0 Å². The molecule has 0 saturated carbocycles. The Hall–Kier alpha value is -3.69. The Kier molecular flexibility index (Phi) is 9.39. The second-order valence-corrected chi connectivity index (χ2v) is 9.22. The third kappa shape index (κ3) is 7.94. The van der Waals surface area contributed by atoms with Crippen LogP contribution in [-0.2, 0) is 16.5 Å². The van der Waals surface area contributed by atoms with Gasteiger partial charge >= 0.3 is 0 Å². The highest BCUT2D eigenvalue weighted by atomic mass is 32.2. The molecule has 0 bridgehead atoms. The second-order valence-electron chi connectivity index (χ2n) is 7.83. The zero-order valence-electron chi connectivity index (χ0n) is 19.6. The summed E-state index contributed by atoms with van der Waals surface area (Å²) in [4.78, 5) is -0.299. The van der Waals surface area contributed by atoms with Gasteiger partial charge in [-0.3, -0.25) is 4.55 Å². The molecule has 3 aromatic rings. The molecule has 0 fully saturated rings. The molecule has 0 aromatic heterocycles. The summed E-state index contributed by atoms with van der Waals surface area (Å²) in [6.07, 6.45) is 6.06. The molecule has 2 N–H and O–H groups in total. The number of unbranched alkanes of at least 4 members (excludes halogenated alkanes) is 2. The van der Waals surface area contributed by atoms with Crippen molar-refractivity contribution in [1.82, 2.24) is 0 Å². The largest absolute Gasteiger partial charge is 0.385 e. The summed E-state index contributed by atoms with van der Waals surface area (Å²) in [5.74, 6) is 0. The molecule has 0 spiro atoms. The van der Waals surface area contributed by atoms with E-state index in [1.807, 2.05) is 18.2 Å². The molecule has 35 heavy (non-hydrogen) atoms. The van der Waals surface area contributed by atoms with Crippen molar-refractivity contribution in [2.75, 3.05) is 11.9 Å². The molecular weight excluding hydrogens is 462 g/mol. The number of nitrogens with one attached hydrogen (secondary N) is 1. The van der Waals surface area contributed by atoms with E-state index in [4.69, 9.17) is 0 Å². The van der Waals surface area contributed by atoms with Crippen molar-refractivity contribution >= 4 is 38.6 Å². The van der Waals surface area contributed by atoms with E-state index >= 15 is 0 Å². The molecule has 0 aliphatic rings. The fraction of sp³-hybridized carbons (Fsp3) is 0.231. The number of hydrogen-bond donors (Lipinski definition) is 2. The van der Waals surface area contributed by atoms with E-state index in [2.05, 4.69) is 45.3 Å². The fourth-order valence-corrected chi connectivity index (χ4v) is 3.91. The number of rotatable bonds is 12. The lowest BCUT2D eigenvalue weighted by Crippen LogP contribution is -2.01. The fourth-order valence-electron chi connectivity index (χ4n) is 3.29. The first-order chi connectivity index (χ1) is 16.9. The van der Waals surface area contributed by atoms with E-state index in [-0.39, 0.29) is 10.6 Å². The van der Waals surface area contributed by atoms with E-state index in [0.717, 1.165) is 29.9 Å². The van der Waals surface area contributed by atoms with E-state index in [9.17, 15) is 13.0 Å². The van der Waals surface area contributed by atoms with Crippen molar-refractivity contribution in [2.24, 2.45) is 20.5 Å². The van der Waals surface area contributed by atoms with Crippen molar-refractivity contribution < 1.29 is 13.0 Å². The minimum atomic E-state index is -4.39. The van der Waals surface area contributed by atoms with Gasteiger partial charge in [-0.2, -0.15) is 23.8 Å². The lowest BCUT2D eigenvalue weighted by molar-refractivity contribution is 0.483. The van der Waals surface area contributed by atoms with Gasteiger partial charge in [0.15, 0.2) is 0 Å². The number of nitrogens with zero attached hydrogens (tertiary/aromatic N) is 4. The summed E-state index contributed by atoms with van der Waals surface area (Å²) in [6.45, 7) is 6.96. The van der Waals surface area contributed by atoms with Crippen LogP contribution in [0, 0.1) is 0 Å². The number of azo groups is 2. The standard InChI is InChI=1S/C26H29N5O3S/c1-3-5-8-18-27-23-16-17-24(20(19-23)9-4-2)30-28-21-12-14-22(15-13-21)29-31-25-10-6-7-11-26(25)35(32,33)34/h4,6-7,10-17,19,27H,2-3,5,8-9,18H2,1H3,(H,32,33,34). The van der Waals surface area contributed by atoms with Gasteiger partial charge in [-0.05, 0) is 73.0 Å². The molecule has 0 aliphatic carbocycles. The molecule has 182 valence electrons. The van der Waals surface area contributed by atoms with Crippen molar-refractivity contribution in [3.05, 3.63) is 84.9 Å². The molecular formula is C26H29N5O3S. The average Bonchev–Trinajstić information content (AvgIpc) is 2.85. The third-order valence-electron chi connectivity index (χ3n) is 5.09. The highest BCUT2D eigenvalue weighted by Crippen LogP contribution is 2.29. The Labute approximate surface area is 206 Å². The van der Waals surface area contributed by atoms with Crippen molar-refractivity contribution in [1.29, 1.82) is 0 Å². The van der Waals surface area contributed by atoms with Gasteiger partial charge in [0.1, 0.15) is 10.6 Å². The molecule has 0 heterocycles. The van der Waals surface area contributed by atoms with Crippen LogP contribution in [0.2, 0.25) is 0 Å². The van der Waals surface area contributed by atoms with Gasteiger partial charge in [0.05, 0.1) is 17.1 Å². The molecule has 0 atom stereocenters. The first kappa shape index (κ1) is 25.9. The van der Waals surface area contributed by atoms with Gasteiger partial charge < -0.3 is 5.32 Å². The SMILES string of the molecule is C=CCc1cc(NCCCCC)ccc1N=Nc1ccc(N=Nc2ccccc2S(=O)(=O)O)cc1. The number of hydrogen-bond acceptors (Lipinski definition) is 7. The van der Waals surface area contributed by atoms with Crippen LogP contribution in [0.25, 0.3) is 0 Å². The molecule has 0 unspecified atom stereocenters. The number of anilines is 1. The van der Waals surface area contributed by atoms with Gasteiger partial charge in [0.25, 0.3) is 10.1 Å². The van der Waals surface area contributed by atoms with E-state index < -0.39 is 10.1 Å². The Balaban J connectivity index is 1.70. The topological polar surface area (TPSA) is 116 Å². The molecule has 0 radical (unpaired) electrons. The maximum atomic E-state index is 11.5. The van der Waals surface area contributed by atoms with E-state index in [1.165, 1.54) is 31.0 Å². The van der Waals surface area contributed by atoms with Crippen LogP contribution in [0.1, 0.15) is 31.7 Å². The molecule has 8 nitrogen and oxygen atoms in total. The molecule has 0 saturated heterocycles. The highest BCUT2D eigenvalue weighted by molar-refractivity contribution is 7.86. The zero-order valence-corrected chi connectivity index (χ0v) is 20.4. The van der Waals surface area contributed by atoms with Gasteiger partial charge in [0, 0.05) is 12.2 Å². The monoisotopic (exact) mass is 491 g/mol. The Morgan fingerprint density at radius 1 is 0.886 bits per heavy atom. The summed E-state index contributed by atoms with van der Waals surface area (Å²) < 4.78 is 32.3. The van der Waals surface area contributed by atoms with Crippen LogP contribution >= 0.6 is 0 Å². The normalized spacial score (nSPS) is 11.8. The number of allylic oxidation sites excluding steroid dienone is 1. The molecule has 0 amide bonds. The number of benzene rings is 3. The Morgan fingerprint density at radius 3 is 2.17 bits per heavy atom. The van der Waals surface area contributed by atoms with Crippen LogP contribution in [0.15, 0.2) is 105 Å². The summed E-state index contributed by atoms with van der Waals surface area (Å²) in [5, 5.41) is 20.2. The van der Waals surface area contributed by atoms with Gasteiger partial charge in [0.2, 0.25) is 0 Å². The lowest BCUT2D eigenvalue weighted by atomic mass is 10.1. The minimum Gasteiger partial charge on any atom is -0.385 e. The minimum absolute atomic E-state index is 0.0526. The first-order valence-electron chi connectivity index (χ1n) is 11.4. The summed E-state index contributed by atoms with van der Waals surface area (Å²) in [5.41, 5.74) is 4.05. The lowest BCUT2D eigenvalue weighted by Gasteiger charge is -2.09. The first-order valence-corrected chi connectivity index (χ1v) is 12.8. The molecule has 3 rings (SSSR count). The van der Waals surface area contributed by atoms with E-state index in [1.54, 1.807) is 30.3 Å². The molecule has 9 heteroatoms. The molecule has 0 aliphatic heterocycles. The van der Waals surface area contributed by atoms with Crippen LogP contribution < -0.4 is 5.32 Å². The van der Waals surface area contributed by atoms with Crippen LogP contribution in [0.5, 0.6) is 0 Å². The maximum Gasteiger partial charge on any atom is 0.296 e. The Morgan fingerprint density at radius 2 is 1.54 bits per heavy atom. The van der Waals surface area contributed by atoms with Crippen molar-refractivity contribution in [3.63, 3.8) is 0 Å². The van der Waals surface area contributed by atoms with Gasteiger partial charge in [-0.15, -0.1) is 11.7 Å². The van der Waals surface area contributed by atoms with Gasteiger partial charge in [-0.1, -0.05) is 38.0 Å². The second kappa shape index (κ2) is 12.7. The predicted octanol–water partition coefficient (Wildman–Crippen LogP) is 8.09. The summed E-state index contributed by atoms with van der Waals surface area (Å²) >= 11 is 0. The smallest absolute Gasteiger partial charge is 0.296 e. The predicted molar refractivity (Wildman–Crippen MR) is 139 cm³/mol. The van der Waals surface area contributed by atoms with Crippen LogP contribution in [0.3, 0.4) is 0 Å². The zero-order chi connectivity index (χ0) is 25.1. The van der Waals surface area contributed by atoms with Crippen molar-refractivity contribution in [3.8, 4) is 0 Å². The maximum absolute atomic E-state index is 11.5. The Bertz CT molecular complexity index is 1300. The van der Waals surface area contributed by atoms with Crippen molar-refractivity contribution in [2.45, 2.75) is 37.5 Å². The quantitative estimate of drug-likeness (QED) is 0.115. The molecule has 3 aromatic carbocycles. The average molecular weight is 492 g/mol.